The van der Waals surface area contributed by atoms with Gasteiger partial charge in [-0.3, -0.25) is 14.4 Å². The van der Waals surface area contributed by atoms with E-state index in [0.717, 1.165) is 77.0 Å². The molecule has 0 bridgehead atoms. The molecule has 5 heteroatoms. The molecule has 0 saturated heterocycles. The summed E-state index contributed by atoms with van der Waals surface area (Å²) in [4.78, 5) is 40.6. The van der Waals surface area contributed by atoms with Crippen LogP contribution in [0.3, 0.4) is 0 Å². The second kappa shape index (κ2) is 10.4. The van der Waals surface area contributed by atoms with Gasteiger partial charge in [0, 0.05) is 18.3 Å². The van der Waals surface area contributed by atoms with E-state index in [4.69, 9.17) is 9.47 Å². The number of ether oxygens (including phenoxy) is 2. The van der Waals surface area contributed by atoms with E-state index < -0.39 is 5.41 Å². The second-order valence-corrected chi connectivity index (χ2v) is 18.4. The smallest absolute Gasteiger partial charge is 0.312 e. The van der Waals surface area contributed by atoms with Gasteiger partial charge in [0.25, 0.3) is 0 Å². The Morgan fingerprint density at radius 2 is 1.50 bits per heavy atom. The van der Waals surface area contributed by atoms with Crippen LogP contribution in [-0.4, -0.2) is 29.9 Å². The predicted octanol–water partition coefficient (Wildman–Crippen LogP) is 9.02. The largest absolute Gasteiger partial charge is 0.462 e. The van der Waals surface area contributed by atoms with Crippen LogP contribution in [-0.2, 0) is 23.9 Å². The summed E-state index contributed by atoms with van der Waals surface area (Å²) in [5.41, 5.74) is 0.393. The van der Waals surface area contributed by atoms with Gasteiger partial charge in [-0.15, -0.1) is 0 Å². The molecule has 5 nitrogen and oxygen atoms in total. The van der Waals surface area contributed by atoms with Crippen molar-refractivity contribution >= 4 is 17.7 Å². The van der Waals surface area contributed by atoms with E-state index in [1.54, 1.807) is 0 Å². The average Bonchev–Trinajstić information content (AvgIpc) is 2.93. The van der Waals surface area contributed by atoms with Gasteiger partial charge in [0.15, 0.2) is 5.78 Å². The molecular formula is C39H60O5. The first-order valence-corrected chi connectivity index (χ1v) is 18.1. The maximum absolute atomic E-state index is 14.7. The van der Waals surface area contributed by atoms with Gasteiger partial charge >= 0.3 is 11.9 Å². The minimum atomic E-state index is -0.510. The van der Waals surface area contributed by atoms with Gasteiger partial charge in [0.05, 0.1) is 5.41 Å². The fraction of sp³-hybridized carbons (Fsp3) is 0.872. The van der Waals surface area contributed by atoms with Crippen LogP contribution in [0.25, 0.3) is 0 Å². The van der Waals surface area contributed by atoms with E-state index in [2.05, 4.69) is 61.5 Å². The lowest BCUT2D eigenvalue weighted by Crippen LogP contribution is -2.66. The van der Waals surface area contributed by atoms with Crippen molar-refractivity contribution in [3.63, 3.8) is 0 Å². The van der Waals surface area contributed by atoms with Crippen LogP contribution in [0.15, 0.2) is 11.6 Å². The quantitative estimate of drug-likeness (QED) is 0.299. The average molecular weight is 609 g/mol. The first kappa shape index (κ1) is 32.3. The van der Waals surface area contributed by atoms with Crippen LogP contribution in [0, 0.1) is 56.2 Å². The number of carbonyl (C=O) groups excluding carboxylic acids is 3. The fourth-order valence-electron chi connectivity index (χ4n) is 12.5. The number of hydrogen-bond acceptors (Lipinski definition) is 5. The van der Waals surface area contributed by atoms with Crippen LogP contribution in [0.2, 0.25) is 0 Å². The van der Waals surface area contributed by atoms with Crippen LogP contribution < -0.4 is 0 Å². The molecule has 0 spiro atoms. The molecular weight excluding hydrogens is 548 g/mol. The number of ketones is 1. The minimum absolute atomic E-state index is 0.00260. The molecule has 0 radical (unpaired) electrons. The van der Waals surface area contributed by atoms with Crippen LogP contribution in [0.1, 0.15) is 146 Å². The highest BCUT2D eigenvalue weighted by Crippen LogP contribution is 2.75. The molecule has 246 valence electrons. The third-order valence-electron chi connectivity index (χ3n) is 15.6. The summed E-state index contributed by atoms with van der Waals surface area (Å²) in [5.74, 6) is 1.03. The Bertz CT molecular complexity index is 1250. The van der Waals surface area contributed by atoms with Gasteiger partial charge in [0.2, 0.25) is 0 Å². The first-order valence-electron chi connectivity index (χ1n) is 18.1. The topological polar surface area (TPSA) is 69.7 Å². The Morgan fingerprint density at radius 1 is 0.818 bits per heavy atom. The Kier molecular flexibility index (Phi) is 7.65. The van der Waals surface area contributed by atoms with Gasteiger partial charge in [0.1, 0.15) is 12.2 Å². The zero-order valence-electron chi connectivity index (χ0n) is 29.3. The highest BCUT2D eigenvalue weighted by molar-refractivity contribution is 5.95. The molecule has 11 atom stereocenters. The molecule has 0 amide bonds. The number of esters is 2. The number of allylic oxidation sites excluding steroid dienone is 2. The molecule has 0 aliphatic heterocycles. The van der Waals surface area contributed by atoms with E-state index in [0.29, 0.717) is 17.6 Å². The molecule has 6 rings (SSSR count). The molecule has 5 fully saturated rings. The normalized spacial score (nSPS) is 49.8. The highest BCUT2D eigenvalue weighted by Gasteiger charge is 2.70. The second-order valence-electron chi connectivity index (χ2n) is 18.4. The van der Waals surface area contributed by atoms with E-state index >= 15 is 0 Å². The standard InChI is InChI=1S/C39H60O5/c1-24-12-10-11-13-29(24)44-33(42)36(6)19-18-35(5)20-21-38(8)26(27(35)23-36)22-28(41)32-37(7)16-15-31(43-25(2)40)34(3,4)30(37)14-17-39(32,38)9/h22,24,27,29-32H,10-21,23H2,1-9H3/t24-,27-,29+,30+,31+,32+,35-,36+,37+,38-,39+/m0/s1. The Labute approximate surface area is 267 Å². The molecule has 0 unspecified atom stereocenters. The number of rotatable bonds is 3. The Balaban J connectivity index is 1.33. The molecule has 0 N–H and O–H groups in total. The van der Waals surface area contributed by atoms with Crippen molar-refractivity contribution in [2.75, 3.05) is 0 Å². The first-order chi connectivity index (χ1) is 20.4. The molecule has 0 heterocycles. The van der Waals surface area contributed by atoms with Crippen LogP contribution in [0.5, 0.6) is 0 Å². The lowest BCUT2D eigenvalue weighted by molar-refractivity contribution is -0.210. The molecule has 6 aliphatic rings. The number of carbonyl (C=O) groups is 3. The summed E-state index contributed by atoms with van der Waals surface area (Å²) in [6, 6.07) is 0. The molecule has 5 saturated carbocycles. The molecule has 44 heavy (non-hydrogen) atoms. The monoisotopic (exact) mass is 608 g/mol. The minimum Gasteiger partial charge on any atom is -0.462 e. The van der Waals surface area contributed by atoms with Crippen molar-refractivity contribution in [2.24, 2.45) is 56.2 Å². The third kappa shape index (κ3) is 4.54. The molecule has 0 aromatic heterocycles. The van der Waals surface area contributed by atoms with Gasteiger partial charge in [-0.1, -0.05) is 60.5 Å². The Morgan fingerprint density at radius 3 is 2.18 bits per heavy atom. The van der Waals surface area contributed by atoms with E-state index in [1.165, 1.54) is 18.9 Å². The van der Waals surface area contributed by atoms with Crippen molar-refractivity contribution in [1.82, 2.24) is 0 Å². The summed E-state index contributed by atoms with van der Waals surface area (Å²) in [7, 11) is 0. The lowest BCUT2D eigenvalue weighted by atomic mass is 9.33. The number of fused-ring (bicyclic) bond motifs is 7. The van der Waals surface area contributed by atoms with Crippen molar-refractivity contribution in [1.29, 1.82) is 0 Å². The van der Waals surface area contributed by atoms with Gasteiger partial charge in [-0.2, -0.15) is 0 Å². The molecule has 0 aromatic carbocycles. The van der Waals surface area contributed by atoms with Crippen molar-refractivity contribution < 1.29 is 23.9 Å². The van der Waals surface area contributed by atoms with E-state index in [9.17, 15) is 14.4 Å². The Hall–Kier alpha value is -1.65. The van der Waals surface area contributed by atoms with Gasteiger partial charge < -0.3 is 9.47 Å². The van der Waals surface area contributed by atoms with Gasteiger partial charge in [-0.05, 0) is 129 Å². The molecule has 6 aliphatic carbocycles. The lowest BCUT2D eigenvalue weighted by Gasteiger charge is -2.70. The van der Waals surface area contributed by atoms with Crippen LogP contribution >= 0.6 is 0 Å². The van der Waals surface area contributed by atoms with Crippen molar-refractivity contribution in [2.45, 2.75) is 158 Å². The van der Waals surface area contributed by atoms with Gasteiger partial charge in [-0.25, -0.2) is 0 Å². The zero-order chi connectivity index (χ0) is 32.1. The van der Waals surface area contributed by atoms with Crippen molar-refractivity contribution in [3.05, 3.63) is 11.6 Å². The summed E-state index contributed by atoms with van der Waals surface area (Å²) in [6.07, 6.45) is 15.3. The SMILES string of the molecule is CC(=O)O[C@@H]1CC[C@]2(C)[C@H](CC[C@]3(C)[C@@H]2C(=O)C=C2[C@@H]4C[C@](C)(C(=O)O[C@@H]5CCCC[C@@H]5C)CC[C@@]4(C)CC[C@@]23C)C1(C)C. The summed E-state index contributed by atoms with van der Waals surface area (Å²) in [6.45, 7) is 20.2. The molecule has 0 aromatic rings. The number of hydrogen-bond donors (Lipinski definition) is 0. The maximum Gasteiger partial charge on any atom is 0.312 e. The predicted molar refractivity (Wildman–Crippen MR) is 172 cm³/mol. The van der Waals surface area contributed by atoms with Crippen molar-refractivity contribution in [3.8, 4) is 0 Å². The fourth-order valence-corrected chi connectivity index (χ4v) is 12.5. The van der Waals surface area contributed by atoms with E-state index in [-0.39, 0.29) is 63.1 Å². The summed E-state index contributed by atoms with van der Waals surface area (Å²) >= 11 is 0. The maximum atomic E-state index is 14.7. The zero-order valence-corrected chi connectivity index (χ0v) is 29.3. The van der Waals surface area contributed by atoms with E-state index in [1.807, 2.05) is 0 Å². The highest BCUT2D eigenvalue weighted by atomic mass is 16.5. The third-order valence-corrected chi connectivity index (χ3v) is 15.6. The summed E-state index contributed by atoms with van der Waals surface area (Å²) < 4.78 is 12.2. The van der Waals surface area contributed by atoms with Crippen LogP contribution in [0.4, 0.5) is 0 Å². The summed E-state index contributed by atoms with van der Waals surface area (Å²) in [5, 5.41) is 0.